The summed E-state index contributed by atoms with van der Waals surface area (Å²) >= 11 is 0. The van der Waals surface area contributed by atoms with Gasteiger partial charge in [-0.05, 0) is 12.8 Å². The van der Waals surface area contributed by atoms with Gasteiger partial charge in [-0.15, -0.1) is 0 Å². The van der Waals surface area contributed by atoms with Gasteiger partial charge < -0.3 is 61.6 Å². The van der Waals surface area contributed by atoms with Crippen LogP contribution in [-0.2, 0) is 71.2 Å². The number of carbonyl (C=O) groups is 2. The summed E-state index contributed by atoms with van der Waals surface area (Å²) in [5.41, 5.74) is 0. The maximum atomic E-state index is 11.8. The van der Waals surface area contributed by atoms with Crippen molar-refractivity contribution in [1.82, 2.24) is 0 Å². The van der Waals surface area contributed by atoms with Crippen molar-refractivity contribution in [1.29, 1.82) is 0 Å². The summed E-state index contributed by atoms with van der Waals surface area (Å²) in [6.45, 7) is 15.4. The van der Waals surface area contributed by atoms with Crippen LogP contribution in [0.15, 0.2) is 0 Å². The largest absolute Gasteiger partial charge is 0.463 e. The molecule has 0 saturated carbocycles. The Morgan fingerprint density at radius 2 is 0.407 bits per heavy atom. The second-order valence-electron chi connectivity index (χ2n) is 13.9. The predicted octanol–water partition coefficient (Wildman–Crippen LogP) is 6.54. The van der Waals surface area contributed by atoms with E-state index in [1.54, 1.807) is 0 Å². The van der Waals surface area contributed by atoms with Crippen molar-refractivity contribution < 1.29 is 71.2 Å². The van der Waals surface area contributed by atoms with Gasteiger partial charge in [0.2, 0.25) is 0 Å². The fourth-order valence-electron chi connectivity index (χ4n) is 5.33. The lowest BCUT2D eigenvalue weighted by molar-refractivity contribution is -0.146. The Labute approximate surface area is 357 Å². The van der Waals surface area contributed by atoms with Crippen LogP contribution in [0.3, 0.4) is 0 Å². The first-order chi connectivity index (χ1) is 29.2. The predicted molar refractivity (Wildman–Crippen MR) is 226 cm³/mol. The van der Waals surface area contributed by atoms with Crippen molar-refractivity contribution in [2.75, 3.05) is 159 Å². The third-order valence-corrected chi connectivity index (χ3v) is 8.67. The monoisotopic (exact) mass is 855 g/mol. The van der Waals surface area contributed by atoms with Gasteiger partial charge in [-0.1, -0.05) is 90.9 Å². The van der Waals surface area contributed by atoms with Gasteiger partial charge in [0, 0.05) is 12.8 Å². The minimum absolute atomic E-state index is 0.140. The van der Waals surface area contributed by atoms with Crippen molar-refractivity contribution in [2.45, 2.75) is 117 Å². The summed E-state index contributed by atoms with van der Waals surface area (Å²) in [4.78, 5) is 23.4. The molecule has 0 fully saturated rings. The second-order valence-corrected chi connectivity index (χ2v) is 13.9. The zero-order valence-electron chi connectivity index (χ0n) is 37.4. The summed E-state index contributed by atoms with van der Waals surface area (Å²) in [5.74, 6) is -0.290. The smallest absolute Gasteiger partial charge is 0.305 e. The van der Waals surface area contributed by atoms with Crippen LogP contribution in [0.4, 0.5) is 0 Å². The maximum Gasteiger partial charge on any atom is 0.305 e. The number of esters is 2. The zero-order valence-corrected chi connectivity index (χ0v) is 37.4. The topological polar surface area (TPSA) is 154 Å². The minimum Gasteiger partial charge on any atom is -0.463 e. The van der Waals surface area contributed by atoms with Gasteiger partial charge in [0.15, 0.2) is 0 Å². The van der Waals surface area contributed by atoms with Gasteiger partial charge in [-0.25, -0.2) is 0 Å². The standard InChI is InChI=1S/C44H86O15/c1-3-5-7-9-10-11-12-14-16-18-44(46)59-42-40-57-38-36-55-34-32-53-30-28-51-26-24-49-22-20-47-19-21-48-23-25-50-27-29-52-31-33-54-35-37-56-39-41-58-43(45)17-15-13-8-6-4-2/h3-42H2,1-2H3. The number of hydrogen-bond acceptors (Lipinski definition) is 15. The van der Waals surface area contributed by atoms with Crippen LogP contribution in [0.5, 0.6) is 0 Å². The Morgan fingerprint density at radius 3 is 0.610 bits per heavy atom. The van der Waals surface area contributed by atoms with E-state index < -0.39 is 0 Å². The summed E-state index contributed by atoms with van der Waals surface area (Å²) in [7, 11) is 0. The van der Waals surface area contributed by atoms with Gasteiger partial charge in [0.1, 0.15) is 13.2 Å². The Hall–Kier alpha value is -1.50. The molecule has 0 aliphatic heterocycles. The van der Waals surface area contributed by atoms with Gasteiger partial charge in [-0.3, -0.25) is 9.59 Å². The molecule has 0 N–H and O–H groups in total. The average Bonchev–Trinajstić information content (AvgIpc) is 3.24. The molecule has 15 heteroatoms. The summed E-state index contributed by atoms with van der Waals surface area (Å²) in [6.07, 6.45) is 17.6. The Kier molecular flexibility index (Phi) is 51.3. The molecule has 0 aromatic heterocycles. The van der Waals surface area contributed by atoms with Crippen molar-refractivity contribution in [2.24, 2.45) is 0 Å². The molecule has 0 radical (unpaired) electrons. The molecule has 0 aromatic rings. The fraction of sp³-hybridized carbons (Fsp3) is 0.955. The van der Waals surface area contributed by atoms with Crippen molar-refractivity contribution >= 4 is 11.9 Å². The third-order valence-electron chi connectivity index (χ3n) is 8.67. The first-order valence-electron chi connectivity index (χ1n) is 22.9. The van der Waals surface area contributed by atoms with Gasteiger partial charge >= 0.3 is 11.9 Å². The molecular weight excluding hydrogens is 768 g/mol. The number of unbranched alkanes of at least 4 members (excludes halogenated alkanes) is 12. The first-order valence-corrected chi connectivity index (χ1v) is 22.9. The molecule has 59 heavy (non-hydrogen) atoms. The Balaban J connectivity index is 3.13. The second kappa shape index (κ2) is 52.6. The molecule has 0 aliphatic carbocycles. The van der Waals surface area contributed by atoms with Crippen molar-refractivity contribution in [3.63, 3.8) is 0 Å². The molecule has 0 aromatic carbocycles. The molecular formula is C44H86O15. The van der Waals surface area contributed by atoms with E-state index >= 15 is 0 Å². The van der Waals surface area contributed by atoms with E-state index in [9.17, 15) is 9.59 Å². The highest BCUT2D eigenvalue weighted by molar-refractivity contribution is 5.69. The summed E-state index contributed by atoms with van der Waals surface area (Å²) < 4.78 is 70.7. The number of hydrogen-bond donors (Lipinski definition) is 0. The molecule has 0 atom stereocenters. The lowest BCUT2D eigenvalue weighted by Crippen LogP contribution is -2.16. The minimum atomic E-state index is -0.150. The maximum absolute atomic E-state index is 11.8. The fourth-order valence-corrected chi connectivity index (χ4v) is 5.33. The molecule has 0 amide bonds. The number of ether oxygens (including phenoxy) is 13. The van der Waals surface area contributed by atoms with Crippen LogP contribution in [-0.4, -0.2) is 171 Å². The van der Waals surface area contributed by atoms with Gasteiger partial charge in [0.25, 0.3) is 0 Å². The molecule has 0 heterocycles. The number of carbonyl (C=O) groups excluding carboxylic acids is 2. The molecule has 0 aliphatic rings. The quantitative estimate of drug-likeness (QED) is 0.0481. The van der Waals surface area contributed by atoms with Gasteiger partial charge in [-0.2, -0.15) is 0 Å². The van der Waals surface area contributed by atoms with E-state index in [4.69, 9.17) is 61.6 Å². The first kappa shape index (κ1) is 57.5. The molecule has 0 unspecified atom stereocenters. The SMILES string of the molecule is CCCCCCCCCCCC(=O)OCCOCCOCCOCCOCCOCCOCCOCCOCCOCCOCCOCCOC(=O)CCCCCCC. The highest BCUT2D eigenvalue weighted by Crippen LogP contribution is 2.11. The van der Waals surface area contributed by atoms with Crippen LogP contribution >= 0.6 is 0 Å². The molecule has 0 rings (SSSR count). The van der Waals surface area contributed by atoms with E-state index in [1.807, 2.05) is 0 Å². The lowest BCUT2D eigenvalue weighted by atomic mass is 10.1. The van der Waals surface area contributed by atoms with Crippen LogP contribution in [0, 0.1) is 0 Å². The Bertz CT molecular complexity index is 823. The van der Waals surface area contributed by atoms with E-state index in [0.29, 0.717) is 158 Å². The van der Waals surface area contributed by atoms with E-state index in [2.05, 4.69) is 13.8 Å². The van der Waals surface area contributed by atoms with E-state index in [-0.39, 0.29) is 25.2 Å². The molecule has 0 spiro atoms. The van der Waals surface area contributed by atoms with Crippen molar-refractivity contribution in [3.8, 4) is 0 Å². The molecule has 15 nitrogen and oxygen atoms in total. The van der Waals surface area contributed by atoms with Gasteiger partial charge in [0.05, 0.1) is 145 Å². The van der Waals surface area contributed by atoms with Crippen LogP contribution in [0.1, 0.15) is 117 Å². The van der Waals surface area contributed by atoms with Crippen LogP contribution < -0.4 is 0 Å². The van der Waals surface area contributed by atoms with Crippen LogP contribution in [0.25, 0.3) is 0 Å². The zero-order chi connectivity index (χ0) is 42.6. The Morgan fingerprint density at radius 1 is 0.237 bits per heavy atom. The van der Waals surface area contributed by atoms with Crippen molar-refractivity contribution in [3.05, 3.63) is 0 Å². The molecule has 0 bridgehead atoms. The summed E-state index contributed by atoms with van der Waals surface area (Å²) in [6, 6.07) is 0. The molecule has 0 saturated heterocycles. The van der Waals surface area contributed by atoms with E-state index in [0.717, 1.165) is 25.7 Å². The van der Waals surface area contributed by atoms with Crippen LogP contribution in [0.2, 0.25) is 0 Å². The average molecular weight is 855 g/mol. The highest BCUT2D eigenvalue weighted by Gasteiger charge is 2.04. The van der Waals surface area contributed by atoms with E-state index in [1.165, 1.54) is 64.2 Å². The molecule has 352 valence electrons. The number of rotatable bonds is 52. The normalized spacial score (nSPS) is 11.4. The highest BCUT2D eigenvalue weighted by atomic mass is 16.6. The summed E-state index contributed by atoms with van der Waals surface area (Å²) in [5, 5.41) is 0. The lowest BCUT2D eigenvalue weighted by Gasteiger charge is -2.09. The third kappa shape index (κ3) is 52.6.